The molecule has 0 bridgehead atoms. The lowest BCUT2D eigenvalue weighted by Crippen LogP contribution is -2.17. The van der Waals surface area contributed by atoms with Gasteiger partial charge in [0.1, 0.15) is 0 Å². The quantitative estimate of drug-likeness (QED) is 0.845. The van der Waals surface area contributed by atoms with Crippen molar-refractivity contribution in [3.63, 3.8) is 0 Å². The Bertz CT molecular complexity index is 351. The third kappa shape index (κ3) is 3.40. The fraction of sp³-hybridized carbons (Fsp3) is 0.538. The Morgan fingerprint density at radius 3 is 2.59 bits per heavy atom. The molecule has 1 aliphatic heterocycles. The van der Waals surface area contributed by atoms with Crippen molar-refractivity contribution in [1.29, 1.82) is 0 Å². The lowest BCUT2D eigenvalue weighted by Gasteiger charge is -2.13. The van der Waals surface area contributed by atoms with Crippen LogP contribution in [0.3, 0.4) is 0 Å². The summed E-state index contributed by atoms with van der Waals surface area (Å²) in [5, 5.41) is 6.58. The minimum atomic E-state index is -2.76. The van der Waals surface area contributed by atoms with Crippen LogP contribution in [0.1, 0.15) is 18.9 Å². The van der Waals surface area contributed by atoms with Crippen LogP contribution in [0.15, 0.2) is 24.3 Å². The molecule has 1 atom stereocenters. The maximum Gasteiger partial charge on any atom is 0.270 e. The van der Waals surface area contributed by atoms with Crippen molar-refractivity contribution in [1.82, 2.24) is 5.32 Å². The van der Waals surface area contributed by atoms with Gasteiger partial charge in [-0.2, -0.15) is 0 Å². The Hall–Kier alpha value is -1.16. The van der Waals surface area contributed by atoms with Crippen LogP contribution < -0.4 is 10.6 Å². The van der Waals surface area contributed by atoms with Gasteiger partial charge in [-0.15, -0.1) is 0 Å². The molecular formula is C13H18F2N2. The topological polar surface area (TPSA) is 24.1 Å². The Kier molecular flexibility index (Phi) is 3.62. The van der Waals surface area contributed by atoms with Crippen LogP contribution in [-0.4, -0.2) is 19.6 Å². The van der Waals surface area contributed by atoms with Crippen LogP contribution in [0.5, 0.6) is 0 Å². The molecular weight excluding hydrogens is 222 g/mol. The number of halogens is 2. The number of hydrogen-bond acceptors (Lipinski definition) is 2. The molecule has 4 heteroatoms. The second kappa shape index (κ2) is 5.00. The SMILES string of the molecule is CC(F)(F)c1ccc(NCC2CCNC2)cc1. The molecule has 94 valence electrons. The molecule has 1 aromatic carbocycles. The highest BCUT2D eigenvalue weighted by Crippen LogP contribution is 2.27. The van der Waals surface area contributed by atoms with Crippen molar-refractivity contribution in [3.8, 4) is 0 Å². The number of nitrogens with one attached hydrogen (secondary N) is 2. The average Bonchev–Trinajstić information content (AvgIpc) is 2.78. The standard InChI is InChI=1S/C13H18F2N2/c1-13(14,15)11-2-4-12(5-3-11)17-9-10-6-7-16-8-10/h2-5,10,16-17H,6-9H2,1H3. The van der Waals surface area contributed by atoms with Gasteiger partial charge in [-0.25, -0.2) is 8.78 Å². The fourth-order valence-electron chi connectivity index (χ4n) is 2.03. The van der Waals surface area contributed by atoms with Gasteiger partial charge >= 0.3 is 0 Å². The minimum absolute atomic E-state index is 0.0607. The predicted octanol–water partition coefficient (Wildman–Crippen LogP) is 2.82. The van der Waals surface area contributed by atoms with E-state index in [0.717, 1.165) is 32.2 Å². The third-order valence-electron chi connectivity index (χ3n) is 3.15. The number of anilines is 1. The van der Waals surface area contributed by atoms with Crippen molar-refractivity contribution in [2.24, 2.45) is 5.92 Å². The maximum absolute atomic E-state index is 13.0. The fourth-order valence-corrected chi connectivity index (χ4v) is 2.03. The van der Waals surface area contributed by atoms with Crippen molar-refractivity contribution < 1.29 is 8.78 Å². The van der Waals surface area contributed by atoms with Crippen LogP contribution in [0, 0.1) is 5.92 Å². The normalized spacial score (nSPS) is 20.5. The first kappa shape index (κ1) is 12.3. The molecule has 1 unspecified atom stereocenters. The molecule has 2 nitrogen and oxygen atoms in total. The van der Waals surface area contributed by atoms with E-state index in [-0.39, 0.29) is 5.56 Å². The summed E-state index contributed by atoms with van der Waals surface area (Å²) in [5.41, 5.74) is 0.968. The largest absolute Gasteiger partial charge is 0.385 e. The first-order chi connectivity index (χ1) is 8.05. The van der Waals surface area contributed by atoms with Crippen LogP contribution in [0.2, 0.25) is 0 Å². The number of benzene rings is 1. The molecule has 1 fully saturated rings. The second-order valence-corrected chi connectivity index (χ2v) is 4.71. The van der Waals surface area contributed by atoms with E-state index in [0.29, 0.717) is 5.92 Å². The highest BCUT2D eigenvalue weighted by Gasteiger charge is 2.23. The Morgan fingerprint density at radius 1 is 1.35 bits per heavy atom. The lowest BCUT2D eigenvalue weighted by atomic mass is 10.1. The van der Waals surface area contributed by atoms with Gasteiger partial charge in [-0.05, 0) is 37.6 Å². The van der Waals surface area contributed by atoms with Gasteiger partial charge in [0.05, 0.1) is 0 Å². The van der Waals surface area contributed by atoms with Gasteiger partial charge in [0, 0.05) is 24.7 Å². The summed E-state index contributed by atoms with van der Waals surface area (Å²) in [7, 11) is 0. The summed E-state index contributed by atoms with van der Waals surface area (Å²) in [4.78, 5) is 0. The summed E-state index contributed by atoms with van der Waals surface area (Å²) in [5.74, 6) is -2.12. The molecule has 0 amide bonds. The molecule has 1 heterocycles. The molecule has 0 aromatic heterocycles. The van der Waals surface area contributed by atoms with E-state index < -0.39 is 5.92 Å². The van der Waals surface area contributed by atoms with Crippen LogP contribution in [0.25, 0.3) is 0 Å². The van der Waals surface area contributed by atoms with Crippen molar-refractivity contribution in [2.45, 2.75) is 19.3 Å². The molecule has 0 saturated carbocycles. The summed E-state index contributed by atoms with van der Waals surface area (Å²) >= 11 is 0. The maximum atomic E-state index is 13.0. The van der Waals surface area contributed by atoms with Crippen LogP contribution >= 0.6 is 0 Å². The number of hydrogen-bond donors (Lipinski definition) is 2. The smallest absolute Gasteiger partial charge is 0.270 e. The van der Waals surface area contributed by atoms with Crippen LogP contribution in [0.4, 0.5) is 14.5 Å². The minimum Gasteiger partial charge on any atom is -0.385 e. The molecule has 0 aliphatic carbocycles. The summed E-state index contributed by atoms with van der Waals surface area (Å²) < 4.78 is 26.0. The van der Waals surface area contributed by atoms with Gasteiger partial charge in [0.25, 0.3) is 5.92 Å². The predicted molar refractivity (Wildman–Crippen MR) is 65.5 cm³/mol. The third-order valence-corrected chi connectivity index (χ3v) is 3.15. The Balaban J connectivity index is 1.89. The molecule has 1 saturated heterocycles. The zero-order valence-corrected chi connectivity index (χ0v) is 9.97. The highest BCUT2D eigenvalue weighted by molar-refractivity contribution is 5.45. The molecule has 2 N–H and O–H groups in total. The molecule has 2 rings (SSSR count). The van der Waals surface area contributed by atoms with Crippen molar-refractivity contribution in [2.75, 3.05) is 25.0 Å². The summed E-state index contributed by atoms with van der Waals surface area (Å²) in [6.45, 7) is 3.93. The van der Waals surface area contributed by atoms with E-state index in [9.17, 15) is 8.78 Å². The molecule has 0 radical (unpaired) electrons. The average molecular weight is 240 g/mol. The molecule has 1 aliphatic rings. The second-order valence-electron chi connectivity index (χ2n) is 4.71. The summed E-state index contributed by atoms with van der Waals surface area (Å²) in [6.07, 6.45) is 1.18. The lowest BCUT2D eigenvalue weighted by molar-refractivity contribution is 0.0175. The van der Waals surface area contributed by atoms with E-state index >= 15 is 0 Å². The van der Waals surface area contributed by atoms with E-state index in [2.05, 4.69) is 10.6 Å². The number of alkyl halides is 2. The zero-order valence-electron chi connectivity index (χ0n) is 9.97. The van der Waals surface area contributed by atoms with Gasteiger partial charge < -0.3 is 10.6 Å². The Morgan fingerprint density at radius 2 is 2.06 bits per heavy atom. The van der Waals surface area contributed by atoms with Gasteiger partial charge in [-0.3, -0.25) is 0 Å². The first-order valence-electron chi connectivity index (χ1n) is 5.98. The zero-order chi connectivity index (χ0) is 12.3. The van der Waals surface area contributed by atoms with Gasteiger partial charge in [-0.1, -0.05) is 12.1 Å². The molecule has 0 spiro atoms. The molecule has 1 aromatic rings. The van der Waals surface area contributed by atoms with Crippen LogP contribution in [-0.2, 0) is 5.92 Å². The van der Waals surface area contributed by atoms with Gasteiger partial charge in [0.2, 0.25) is 0 Å². The Labute approximate surface area is 100 Å². The van der Waals surface area contributed by atoms with Gasteiger partial charge in [0.15, 0.2) is 0 Å². The summed E-state index contributed by atoms with van der Waals surface area (Å²) in [6, 6.07) is 6.40. The van der Waals surface area contributed by atoms with E-state index in [1.54, 1.807) is 12.1 Å². The van der Waals surface area contributed by atoms with E-state index in [1.807, 2.05) is 0 Å². The van der Waals surface area contributed by atoms with E-state index in [1.165, 1.54) is 18.6 Å². The highest BCUT2D eigenvalue weighted by atomic mass is 19.3. The molecule has 17 heavy (non-hydrogen) atoms. The first-order valence-corrected chi connectivity index (χ1v) is 5.98. The van der Waals surface area contributed by atoms with E-state index in [4.69, 9.17) is 0 Å². The van der Waals surface area contributed by atoms with Crippen molar-refractivity contribution >= 4 is 5.69 Å². The monoisotopic (exact) mass is 240 g/mol. The number of rotatable bonds is 4. The van der Waals surface area contributed by atoms with Crippen molar-refractivity contribution in [3.05, 3.63) is 29.8 Å².